The van der Waals surface area contributed by atoms with Crippen LogP contribution < -0.4 is 27.4 Å². The van der Waals surface area contributed by atoms with Crippen molar-refractivity contribution in [2.75, 3.05) is 20.6 Å². The molecule has 0 fully saturated rings. The third-order valence-electron chi connectivity index (χ3n) is 9.07. The summed E-state index contributed by atoms with van der Waals surface area (Å²) in [5.41, 5.74) is 11.7. The van der Waals surface area contributed by atoms with Gasteiger partial charge in [0.25, 0.3) is 0 Å². The van der Waals surface area contributed by atoms with E-state index in [0.717, 1.165) is 16.5 Å². The molecular formula is C36H58N8O5. The van der Waals surface area contributed by atoms with Crippen LogP contribution in [-0.4, -0.2) is 89.0 Å². The van der Waals surface area contributed by atoms with Gasteiger partial charge in [-0.3, -0.25) is 19.4 Å². The van der Waals surface area contributed by atoms with Crippen LogP contribution in [0.25, 0.3) is 10.9 Å². The van der Waals surface area contributed by atoms with Crippen LogP contribution in [0, 0.1) is 11.3 Å². The average molecular weight is 683 g/mol. The lowest BCUT2D eigenvalue weighted by Crippen LogP contribution is -2.61. The highest BCUT2D eigenvalue weighted by molar-refractivity contribution is 5.96. The van der Waals surface area contributed by atoms with E-state index in [1.165, 1.54) is 0 Å². The lowest BCUT2D eigenvalue weighted by Gasteiger charge is -2.39. The molecule has 0 aliphatic rings. The molecule has 4 unspecified atom stereocenters. The molecule has 0 saturated heterocycles. The van der Waals surface area contributed by atoms with Gasteiger partial charge < -0.3 is 42.0 Å². The minimum atomic E-state index is -1.18. The Morgan fingerprint density at radius 2 is 1.65 bits per heavy atom. The lowest BCUT2D eigenvalue weighted by atomic mass is 9.76. The highest BCUT2D eigenvalue weighted by Crippen LogP contribution is 2.35. The molecule has 0 aliphatic heterocycles. The summed E-state index contributed by atoms with van der Waals surface area (Å²) in [7, 11) is 5.37. The van der Waals surface area contributed by atoms with Crippen LogP contribution >= 0.6 is 0 Å². The number of aromatic nitrogens is 1. The SMILES string of the molecule is CNC(C(=O)NC(C(=O)N(C)C(C=C(C)C(=O)NC(CCCN=C(N)N)C(=O)O)C(C)C)C(C)(C)C)C(C)(C)c1cn(C)c2ccccc12. The van der Waals surface area contributed by atoms with E-state index in [1.54, 1.807) is 32.0 Å². The Kier molecular flexibility index (Phi) is 14.0. The highest BCUT2D eigenvalue weighted by atomic mass is 16.4. The Hall–Kier alpha value is -4.39. The van der Waals surface area contributed by atoms with Crippen LogP contribution in [-0.2, 0) is 31.6 Å². The summed E-state index contributed by atoms with van der Waals surface area (Å²) in [6.07, 6.45) is 4.20. The van der Waals surface area contributed by atoms with Crippen LogP contribution in [0.4, 0.5) is 0 Å². The van der Waals surface area contributed by atoms with Crippen LogP contribution in [0.5, 0.6) is 0 Å². The number of hydrogen-bond donors (Lipinski definition) is 6. The number of aryl methyl sites for hydroxylation is 1. The van der Waals surface area contributed by atoms with Crippen molar-refractivity contribution in [1.29, 1.82) is 0 Å². The van der Waals surface area contributed by atoms with Gasteiger partial charge in [-0.15, -0.1) is 0 Å². The molecule has 49 heavy (non-hydrogen) atoms. The number of hydrogen-bond acceptors (Lipinski definition) is 6. The summed E-state index contributed by atoms with van der Waals surface area (Å²) in [5, 5.41) is 19.5. The Morgan fingerprint density at radius 3 is 2.18 bits per heavy atom. The number of nitrogens with two attached hydrogens (primary N) is 2. The maximum Gasteiger partial charge on any atom is 0.326 e. The predicted molar refractivity (Wildman–Crippen MR) is 195 cm³/mol. The number of fused-ring (bicyclic) bond motifs is 1. The molecule has 4 atom stereocenters. The summed E-state index contributed by atoms with van der Waals surface area (Å²) in [5.74, 6) is -2.57. The molecule has 0 saturated carbocycles. The summed E-state index contributed by atoms with van der Waals surface area (Å²) in [6, 6.07) is 4.82. The van der Waals surface area contributed by atoms with Crippen molar-refractivity contribution in [3.05, 3.63) is 47.7 Å². The van der Waals surface area contributed by atoms with Crippen molar-refractivity contribution in [3.63, 3.8) is 0 Å². The molecule has 8 N–H and O–H groups in total. The Bertz CT molecular complexity index is 1550. The number of para-hydroxylation sites is 1. The molecule has 2 rings (SSSR count). The second kappa shape index (κ2) is 16.8. The largest absolute Gasteiger partial charge is 0.480 e. The normalized spacial score (nSPS) is 14.9. The maximum absolute atomic E-state index is 14.2. The molecule has 1 aromatic carbocycles. The molecular weight excluding hydrogens is 624 g/mol. The number of carboxylic acids is 1. The second-order valence-electron chi connectivity index (χ2n) is 14.8. The molecule has 3 amide bonds. The molecule has 0 spiro atoms. The molecule has 1 heterocycles. The number of aliphatic imine (C=N–C) groups is 1. The minimum absolute atomic E-state index is 0.0899. The van der Waals surface area contributed by atoms with E-state index in [2.05, 4.69) is 20.9 Å². The van der Waals surface area contributed by atoms with Crippen molar-refractivity contribution in [2.45, 2.75) is 97.8 Å². The first kappa shape index (κ1) is 40.8. The van der Waals surface area contributed by atoms with Crippen LogP contribution in [0.2, 0.25) is 0 Å². The zero-order chi connectivity index (χ0) is 37.4. The van der Waals surface area contributed by atoms with Crippen molar-refractivity contribution >= 4 is 40.6 Å². The Labute approximate surface area is 290 Å². The van der Waals surface area contributed by atoms with Gasteiger partial charge in [0, 0.05) is 48.7 Å². The fourth-order valence-corrected chi connectivity index (χ4v) is 6.17. The molecule has 2 aromatic rings. The molecule has 0 aliphatic carbocycles. The van der Waals surface area contributed by atoms with Crippen molar-refractivity contribution in [1.82, 2.24) is 25.4 Å². The van der Waals surface area contributed by atoms with Gasteiger partial charge >= 0.3 is 5.97 Å². The fraction of sp³-hybridized carbons (Fsp3) is 0.583. The Morgan fingerprint density at radius 1 is 1.04 bits per heavy atom. The fourth-order valence-electron chi connectivity index (χ4n) is 6.17. The first-order valence-corrected chi connectivity index (χ1v) is 16.7. The van der Waals surface area contributed by atoms with Gasteiger partial charge in [-0.2, -0.15) is 0 Å². The smallest absolute Gasteiger partial charge is 0.326 e. The first-order valence-electron chi connectivity index (χ1n) is 16.7. The summed E-state index contributed by atoms with van der Waals surface area (Å²) < 4.78 is 2.05. The van der Waals surface area contributed by atoms with Gasteiger partial charge in [0.1, 0.15) is 12.1 Å². The molecule has 13 heteroatoms. The number of guanidine groups is 1. The zero-order valence-electron chi connectivity index (χ0n) is 31.0. The number of likely N-dealkylation sites (N-methyl/N-ethyl adjacent to an activating group) is 2. The van der Waals surface area contributed by atoms with Gasteiger partial charge in [-0.1, -0.05) is 72.7 Å². The molecule has 0 bridgehead atoms. The van der Waals surface area contributed by atoms with Crippen molar-refractivity contribution in [2.24, 2.45) is 34.8 Å². The third-order valence-corrected chi connectivity index (χ3v) is 9.07. The number of nitrogens with one attached hydrogen (secondary N) is 3. The number of rotatable bonds is 16. The summed E-state index contributed by atoms with van der Waals surface area (Å²) in [4.78, 5) is 58.7. The average Bonchev–Trinajstić information content (AvgIpc) is 3.35. The number of aliphatic carboxylic acids is 1. The minimum Gasteiger partial charge on any atom is -0.480 e. The first-order chi connectivity index (χ1) is 22.6. The topological polar surface area (TPSA) is 197 Å². The molecule has 0 radical (unpaired) electrons. The van der Waals surface area contributed by atoms with E-state index in [0.29, 0.717) is 6.42 Å². The monoisotopic (exact) mass is 682 g/mol. The van der Waals surface area contributed by atoms with E-state index < -0.39 is 46.9 Å². The zero-order valence-corrected chi connectivity index (χ0v) is 31.0. The van der Waals surface area contributed by atoms with E-state index in [9.17, 15) is 24.3 Å². The van der Waals surface area contributed by atoms with Crippen LogP contribution in [0.3, 0.4) is 0 Å². The van der Waals surface area contributed by atoms with Gasteiger partial charge in [0.05, 0.1) is 12.1 Å². The van der Waals surface area contributed by atoms with E-state index in [1.807, 2.05) is 90.5 Å². The maximum atomic E-state index is 14.2. The molecule has 272 valence electrons. The lowest BCUT2D eigenvalue weighted by molar-refractivity contribution is -0.141. The summed E-state index contributed by atoms with van der Waals surface area (Å²) >= 11 is 0. The van der Waals surface area contributed by atoms with Gasteiger partial charge in [0.15, 0.2) is 5.96 Å². The number of carbonyl (C=O) groups excluding carboxylic acids is 3. The standard InChI is InChI=1S/C36H58N8O5/c1-21(2)27(19-22(3)30(45)41-25(33(48)49)16-14-18-40-34(37)38)44(11)32(47)29(35(4,5)6)42-31(46)28(39-9)36(7,8)24-20-43(10)26-17-13-12-15-23(24)26/h12-13,15,17,19-21,25,27-29,39H,14,16,18H2,1-11H3,(H,41,45)(H,42,46)(H,48,49)(H4,37,38,40). The summed E-state index contributed by atoms with van der Waals surface area (Å²) in [6.45, 7) is 15.4. The number of carbonyl (C=O) groups is 4. The Balaban J connectivity index is 2.33. The second-order valence-corrected chi connectivity index (χ2v) is 14.8. The third kappa shape index (κ3) is 10.3. The molecule has 13 nitrogen and oxygen atoms in total. The number of benzene rings is 1. The van der Waals surface area contributed by atoms with E-state index in [4.69, 9.17) is 11.5 Å². The predicted octanol–water partition coefficient (Wildman–Crippen LogP) is 2.63. The van der Waals surface area contributed by atoms with Crippen LogP contribution in [0.15, 0.2) is 47.1 Å². The molecule has 1 aromatic heterocycles. The number of amides is 3. The number of nitrogens with zero attached hydrogens (tertiary/aromatic N) is 3. The number of carboxylic acid groups (broad SMARTS) is 1. The van der Waals surface area contributed by atoms with Crippen molar-refractivity contribution < 1.29 is 24.3 Å². The van der Waals surface area contributed by atoms with Crippen molar-refractivity contribution in [3.8, 4) is 0 Å². The quantitative estimate of drug-likeness (QED) is 0.0672. The van der Waals surface area contributed by atoms with Gasteiger partial charge in [-0.05, 0) is 49.8 Å². The van der Waals surface area contributed by atoms with Gasteiger partial charge in [0.2, 0.25) is 17.7 Å². The van der Waals surface area contributed by atoms with E-state index >= 15 is 0 Å². The van der Waals surface area contributed by atoms with E-state index in [-0.39, 0.29) is 42.2 Å². The van der Waals surface area contributed by atoms with Gasteiger partial charge in [-0.25, -0.2) is 4.79 Å². The highest BCUT2D eigenvalue weighted by Gasteiger charge is 2.42. The van der Waals surface area contributed by atoms with Crippen LogP contribution in [0.1, 0.15) is 73.8 Å².